The molecule has 0 spiro atoms. The van der Waals surface area contributed by atoms with Gasteiger partial charge in [0, 0.05) is 30.9 Å². The number of rotatable bonds is 3. The molecular formula is C9H14NO3-. The Morgan fingerprint density at radius 3 is 2.77 bits per heavy atom. The fraction of sp³-hybridized carbons (Fsp3) is 0.778. The number of hydrogen-bond donors (Lipinski definition) is 0. The molecule has 0 N–H and O–H groups in total. The van der Waals surface area contributed by atoms with E-state index in [-0.39, 0.29) is 18.4 Å². The van der Waals surface area contributed by atoms with Crippen molar-refractivity contribution < 1.29 is 14.7 Å². The SMILES string of the molecule is CC[C@H](C)N1C[C@@H](C(=O)[O-])CC1=O. The largest absolute Gasteiger partial charge is 0.550 e. The number of carboxylic acid groups (broad SMARTS) is 1. The first-order valence-corrected chi connectivity index (χ1v) is 4.56. The zero-order chi connectivity index (χ0) is 10.0. The summed E-state index contributed by atoms with van der Waals surface area (Å²) in [6.45, 7) is 4.22. The van der Waals surface area contributed by atoms with Gasteiger partial charge in [0.15, 0.2) is 0 Å². The van der Waals surface area contributed by atoms with Gasteiger partial charge < -0.3 is 14.8 Å². The van der Waals surface area contributed by atoms with Crippen LogP contribution in [0.5, 0.6) is 0 Å². The van der Waals surface area contributed by atoms with Crippen LogP contribution >= 0.6 is 0 Å². The van der Waals surface area contributed by atoms with Gasteiger partial charge in [-0.15, -0.1) is 0 Å². The molecule has 1 rings (SSSR count). The number of carboxylic acids is 1. The van der Waals surface area contributed by atoms with Crippen molar-refractivity contribution in [1.82, 2.24) is 4.90 Å². The summed E-state index contributed by atoms with van der Waals surface area (Å²) in [5, 5.41) is 10.5. The van der Waals surface area contributed by atoms with Crippen molar-refractivity contribution in [1.29, 1.82) is 0 Å². The number of carbonyl (C=O) groups excluding carboxylic acids is 2. The Kier molecular flexibility index (Phi) is 2.90. The van der Waals surface area contributed by atoms with Crippen LogP contribution in [0.25, 0.3) is 0 Å². The molecule has 1 heterocycles. The Hall–Kier alpha value is -1.06. The molecule has 1 aliphatic heterocycles. The second-order valence-electron chi connectivity index (χ2n) is 3.52. The number of nitrogens with zero attached hydrogens (tertiary/aromatic N) is 1. The topological polar surface area (TPSA) is 60.4 Å². The molecular weight excluding hydrogens is 170 g/mol. The summed E-state index contributed by atoms with van der Waals surface area (Å²) in [7, 11) is 0. The number of amides is 1. The van der Waals surface area contributed by atoms with Gasteiger partial charge in [-0.3, -0.25) is 4.79 Å². The number of hydrogen-bond acceptors (Lipinski definition) is 3. The van der Waals surface area contributed by atoms with E-state index in [0.717, 1.165) is 6.42 Å². The molecule has 1 amide bonds. The van der Waals surface area contributed by atoms with E-state index in [0.29, 0.717) is 6.54 Å². The molecule has 0 bridgehead atoms. The molecule has 2 atom stereocenters. The van der Waals surface area contributed by atoms with Crippen molar-refractivity contribution in [2.75, 3.05) is 6.54 Å². The van der Waals surface area contributed by atoms with Crippen molar-refractivity contribution in [3.05, 3.63) is 0 Å². The normalized spacial score (nSPS) is 24.9. The summed E-state index contributed by atoms with van der Waals surface area (Å²) >= 11 is 0. The number of aliphatic carboxylic acids is 1. The lowest BCUT2D eigenvalue weighted by atomic mass is 10.1. The lowest BCUT2D eigenvalue weighted by Gasteiger charge is -2.23. The van der Waals surface area contributed by atoms with E-state index in [2.05, 4.69) is 0 Å². The van der Waals surface area contributed by atoms with Crippen LogP contribution < -0.4 is 5.11 Å². The molecule has 13 heavy (non-hydrogen) atoms. The Balaban J connectivity index is 2.61. The molecule has 0 saturated carbocycles. The highest BCUT2D eigenvalue weighted by Gasteiger charge is 2.32. The predicted octanol–water partition coefficient (Wildman–Crippen LogP) is -0.617. The molecule has 74 valence electrons. The predicted molar refractivity (Wildman–Crippen MR) is 44.6 cm³/mol. The molecule has 1 aliphatic rings. The lowest BCUT2D eigenvalue weighted by Crippen LogP contribution is -2.37. The monoisotopic (exact) mass is 184 g/mol. The van der Waals surface area contributed by atoms with Crippen molar-refractivity contribution in [3.8, 4) is 0 Å². The maximum Gasteiger partial charge on any atom is 0.223 e. The summed E-state index contributed by atoms with van der Waals surface area (Å²) in [4.78, 5) is 23.5. The van der Waals surface area contributed by atoms with Gasteiger partial charge in [-0.1, -0.05) is 6.92 Å². The highest BCUT2D eigenvalue weighted by molar-refractivity contribution is 5.85. The van der Waals surface area contributed by atoms with Crippen LogP contribution in [0.3, 0.4) is 0 Å². The molecule has 4 nitrogen and oxygen atoms in total. The molecule has 0 aromatic rings. The van der Waals surface area contributed by atoms with Gasteiger partial charge in [0.05, 0.1) is 0 Å². The van der Waals surface area contributed by atoms with Gasteiger partial charge in [0.2, 0.25) is 5.91 Å². The summed E-state index contributed by atoms with van der Waals surface area (Å²) in [6, 6.07) is 0.136. The van der Waals surface area contributed by atoms with Gasteiger partial charge >= 0.3 is 0 Å². The standard InChI is InChI=1S/C9H15NO3/c1-3-6(2)10-5-7(9(12)13)4-8(10)11/h6-7H,3-5H2,1-2H3,(H,12,13)/p-1/t6-,7-/m0/s1. The molecule has 1 fully saturated rings. The molecule has 0 unspecified atom stereocenters. The molecule has 1 saturated heterocycles. The summed E-state index contributed by atoms with van der Waals surface area (Å²) in [5.74, 6) is -1.79. The summed E-state index contributed by atoms with van der Waals surface area (Å²) in [5.41, 5.74) is 0. The second kappa shape index (κ2) is 3.77. The summed E-state index contributed by atoms with van der Waals surface area (Å²) in [6.07, 6.45) is 0.957. The number of carbonyl (C=O) groups is 2. The molecule has 0 radical (unpaired) electrons. The van der Waals surface area contributed by atoms with Gasteiger partial charge in [-0.05, 0) is 13.3 Å². The average Bonchev–Trinajstić information content (AvgIpc) is 2.46. The minimum Gasteiger partial charge on any atom is -0.550 e. The van der Waals surface area contributed by atoms with Gasteiger partial charge in [0.25, 0.3) is 0 Å². The van der Waals surface area contributed by atoms with E-state index in [4.69, 9.17) is 0 Å². The van der Waals surface area contributed by atoms with Crippen LogP contribution in [0.4, 0.5) is 0 Å². The fourth-order valence-electron chi connectivity index (χ4n) is 1.54. The van der Waals surface area contributed by atoms with Gasteiger partial charge in [-0.2, -0.15) is 0 Å². The van der Waals surface area contributed by atoms with E-state index < -0.39 is 11.9 Å². The maximum absolute atomic E-state index is 11.3. The highest BCUT2D eigenvalue weighted by atomic mass is 16.4. The Morgan fingerprint density at radius 1 is 1.77 bits per heavy atom. The Bertz CT molecular complexity index is 227. The first-order valence-electron chi connectivity index (χ1n) is 4.56. The maximum atomic E-state index is 11.3. The molecule has 4 heteroatoms. The van der Waals surface area contributed by atoms with Crippen LogP contribution in [0, 0.1) is 5.92 Å². The first-order chi connectivity index (χ1) is 6.06. The van der Waals surface area contributed by atoms with E-state index >= 15 is 0 Å². The van der Waals surface area contributed by atoms with Crippen LogP contribution in [-0.4, -0.2) is 29.4 Å². The van der Waals surface area contributed by atoms with Crippen molar-refractivity contribution >= 4 is 11.9 Å². The quantitative estimate of drug-likeness (QED) is 0.587. The third-order valence-corrected chi connectivity index (χ3v) is 2.61. The Labute approximate surface area is 77.5 Å². The van der Waals surface area contributed by atoms with E-state index in [1.807, 2.05) is 13.8 Å². The number of likely N-dealkylation sites (tertiary alicyclic amines) is 1. The first kappa shape index (κ1) is 10.0. The summed E-state index contributed by atoms with van der Waals surface area (Å²) < 4.78 is 0. The Morgan fingerprint density at radius 2 is 2.38 bits per heavy atom. The van der Waals surface area contributed by atoms with Crippen molar-refractivity contribution in [2.45, 2.75) is 32.7 Å². The minimum atomic E-state index is -1.11. The van der Waals surface area contributed by atoms with E-state index in [1.165, 1.54) is 0 Å². The van der Waals surface area contributed by atoms with E-state index in [1.54, 1.807) is 4.90 Å². The molecule has 0 aromatic carbocycles. The van der Waals surface area contributed by atoms with Crippen molar-refractivity contribution in [2.24, 2.45) is 5.92 Å². The van der Waals surface area contributed by atoms with Crippen molar-refractivity contribution in [3.63, 3.8) is 0 Å². The third kappa shape index (κ3) is 1.99. The van der Waals surface area contributed by atoms with Gasteiger partial charge in [-0.25, -0.2) is 0 Å². The zero-order valence-corrected chi connectivity index (χ0v) is 7.95. The fourth-order valence-corrected chi connectivity index (χ4v) is 1.54. The zero-order valence-electron chi connectivity index (χ0n) is 7.95. The minimum absolute atomic E-state index is 0.0662. The van der Waals surface area contributed by atoms with Crippen LogP contribution in [0.1, 0.15) is 26.7 Å². The molecule has 0 aliphatic carbocycles. The third-order valence-electron chi connectivity index (χ3n) is 2.61. The second-order valence-corrected chi connectivity index (χ2v) is 3.52. The smallest absolute Gasteiger partial charge is 0.223 e. The van der Waals surface area contributed by atoms with E-state index in [9.17, 15) is 14.7 Å². The van der Waals surface area contributed by atoms with Crippen LogP contribution in [-0.2, 0) is 9.59 Å². The highest BCUT2D eigenvalue weighted by Crippen LogP contribution is 2.20. The molecule has 0 aromatic heterocycles. The van der Waals surface area contributed by atoms with Crippen LogP contribution in [0.15, 0.2) is 0 Å². The van der Waals surface area contributed by atoms with Crippen LogP contribution in [0.2, 0.25) is 0 Å². The van der Waals surface area contributed by atoms with Gasteiger partial charge in [0.1, 0.15) is 0 Å². The average molecular weight is 184 g/mol. The lowest BCUT2D eigenvalue weighted by molar-refractivity contribution is -0.311.